The van der Waals surface area contributed by atoms with E-state index in [1.165, 1.54) is 0 Å². The van der Waals surface area contributed by atoms with Crippen molar-refractivity contribution in [1.82, 2.24) is 5.32 Å². The highest BCUT2D eigenvalue weighted by Gasteiger charge is 2.13. The molecule has 7 heteroatoms. The van der Waals surface area contributed by atoms with Crippen LogP contribution in [-0.4, -0.2) is 32.1 Å². The normalized spacial score (nSPS) is 11.6. The first kappa shape index (κ1) is 22.2. The van der Waals surface area contributed by atoms with Gasteiger partial charge in [-0.25, -0.2) is 0 Å². The van der Waals surface area contributed by atoms with Crippen LogP contribution in [0, 0.1) is 0 Å². The third-order valence-corrected chi connectivity index (χ3v) is 5.00. The molecule has 2 rings (SSSR count). The Morgan fingerprint density at radius 3 is 2.43 bits per heavy atom. The Labute approximate surface area is 176 Å². The molecule has 0 bridgehead atoms. The Balaban J connectivity index is 1.84. The van der Waals surface area contributed by atoms with Crippen molar-refractivity contribution in [2.24, 2.45) is 0 Å². The van der Waals surface area contributed by atoms with Gasteiger partial charge in [0.2, 0.25) is 0 Å². The quantitative estimate of drug-likeness (QED) is 0.464. The lowest BCUT2D eigenvalue weighted by molar-refractivity contribution is -0.123. The van der Waals surface area contributed by atoms with Crippen molar-refractivity contribution in [2.75, 3.05) is 30.8 Å². The van der Waals surface area contributed by atoms with Crippen molar-refractivity contribution in [1.29, 1.82) is 0 Å². The van der Waals surface area contributed by atoms with Gasteiger partial charge in [-0.1, -0.05) is 43.0 Å². The third-order valence-electron chi connectivity index (χ3n) is 4.26. The van der Waals surface area contributed by atoms with Crippen LogP contribution in [0.2, 0.25) is 10.0 Å². The van der Waals surface area contributed by atoms with Crippen molar-refractivity contribution in [3.05, 3.63) is 52.5 Å². The minimum Gasteiger partial charge on any atom is -0.484 e. The Morgan fingerprint density at radius 1 is 1.07 bits per heavy atom. The summed E-state index contributed by atoms with van der Waals surface area (Å²) in [6, 6.07) is 12.9. The van der Waals surface area contributed by atoms with Crippen LogP contribution in [-0.2, 0) is 4.79 Å². The number of hydrogen-bond acceptors (Lipinski definition) is 4. The van der Waals surface area contributed by atoms with E-state index < -0.39 is 0 Å². The second kappa shape index (κ2) is 11.7. The van der Waals surface area contributed by atoms with Crippen LogP contribution >= 0.6 is 23.2 Å². The zero-order chi connectivity index (χ0) is 20.4. The molecule has 1 amide bonds. The van der Waals surface area contributed by atoms with Gasteiger partial charge in [0.05, 0.1) is 10.0 Å². The number of nitrogens with one attached hydrogen (secondary N) is 3. The van der Waals surface area contributed by atoms with Crippen LogP contribution in [0.4, 0.5) is 11.4 Å². The van der Waals surface area contributed by atoms with Crippen molar-refractivity contribution in [2.45, 2.75) is 32.2 Å². The van der Waals surface area contributed by atoms with E-state index in [1.807, 2.05) is 37.4 Å². The topological polar surface area (TPSA) is 62.4 Å². The van der Waals surface area contributed by atoms with Gasteiger partial charge in [-0.15, -0.1) is 0 Å². The first-order chi connectivity index (χ1) is 13.5. The molecule has 0 aliphatic carbocycles. The molecular formula is C21H27Cl2N3O2. The number of ether oxygens (including phenoxy) is 1. The van der Waals surface area contributed by atoms with Crippen LogP contribution in [0.5, 0.6) is 5.75 Å². The molecule has 5 nitrogen and oxygen atoms in total. The van der Waals surface area contributed by atoms with E-state index in [9.17, 15) is 4.79 Å². The van der Waals surface area contributed by atoms with E-state index in [4.69, 9.17) is 27.9 Å². The highest BCUT2D eigenvalue weighted by Crippen LogP contribution is 2.25. The van der Waals surface area contributed by atoms with E-state index in [0.717, 1.165) is 30.6 Å². The summed E-state index contributed by atoms with van der Waals surface area (Å²) in [4.78, 5) is 12.3. The standard InChI is InChI=1S/C21H27Cl2N3O2/c1-3-4-5-17(13-25-16-8-11-19(22)20(23)12-16)26-21(27)14-28-18-9-6-15(24-2)7-10-18/h6-12,17,24-25H,3-5,13-14H2,1-2H3,(H,26,27)/t17-/m1/s1. The molecule has 0 fully saturated rings. The zero-order valence-corrected chi connectivity index (χ0v) is 17.7. The smallest absolute Gasteiger partial charge is 0.258 e. The molecular weight excluding hydrogens is 397 g/mol. The monoisotopic (exact) mass is 423 g/mol. The second-order valence-corrected chi connectivity index (χ2v) is 7.29. The predicted molar refractivity (Wildman–Crippen MR) is 118 cm³/mol. The Morgan fingerprint density at radius 2 is 1.79 bits per heavy atom. The van der Waals surface area contributed by atoms with Crippen molar-refractivity contribution in [3.8, 4) is 5.75 Å². The summed E-state index contributed by atoms with van der Waals surface area (Å²) >= 11 is 12.0. The highest BCUT2D eigenvalue weighted by molar-refractivity contribution is 6.42. The molecule has 2 aromatic rings. The summed E-state index contributed by atoms with van der Waals surface area (Å²) in [6.07, 6.45) is 2.97. The summed E-state index contributed by atoms with van der Waals surface area (Å²) in [5, 5.41) is 10.4. The molecule has 0 spiro atoms. The molecule has 152 valence electrons. The number of halogens is 2. The minimum atomic E-state index is -0.144. The number of benzene rings is 2. The number of rotatable bonds is 11. The van der Waals surface area contributed by atoms with E-state index >= 15 is 0 Å². The van der Waals surface area contributed by atoms with E-state index in [2.05, 4.69) is 22.9 Å². The van der Waals surface area contributed by atoms with Gasteiger partial charge in [0.1, 0.15) is 5.75 Å². The summed E-state index contributed by atoms with van der Waals surface area (Å²) in [5.74, 6) is 0.517. The largest absolute Gasteiger partial charge is 0.484 e. The maximum Gasteiger partial charge on any atom is 0.258 e. The number of anilines is 2. The average molecular weight is 424 g/mol. The van der Waals surface area contributed by atoms with Gasteiger partial charge in [-0.2, -0.15) is 0 Å². The summed E-state index contributed by atoms with van der Waals surface area (Å²) < 4.78 is 5.57. The van der Waals surface area contributed by atoms with E-state index in [1.54, 1.807) is 12.1 Å². The fourth-order valence-corrected chi connectivity index (χ4v) is 2.96. The lowest BCUT2D eigenvalue weighted by Gasteiger charge is -2.20. The first-order valence-corrected chi connectivity index (χ1v) is 10.2. The van der Waals surface area contributed by atoms with Gasteiger partial charge in [-0.05, 0) is 48.9 Å². The molecule has 28 heavy (non-hydrogen) atoms. The third kappa shape index (κ3) is 7.49. The van der Waals surface area contributed by atoms with Crippen molar-refractivity contribution >= 4 is 40.5 Å². The highest BCUT2D eigenvalue weighted by atomic mass is 35.5. The fourth-order valence-electron chi connectivity index (χ4n) is 2.66. The predicted octanol–water partition coefficient (Wildman–Crippen LogP) is 5.20. The van der Waals surface area contributed by atoms with Crippen LogP contribution in [0.25, 0.3) is 0 Å². The van der Waals surface area contributed by atoms with Gasteiger partial charge < -0.3 is 20.7 Å². The fraction of sp³-hybridized carbons (Fsp3) is 0.381. The molecule has 3 N–H and O–H groups in total. The second-order valence-electron chi connectivity index (χ2n) is 6.48. The molecule has 0 aromatic heterocycles. The van der Waals surface area contributed by atoms with Crippen LogP contribution in [0.15, 0.2) is 42.5 Å². The van der Waals surface area contributed by atoms with Crippen LogP contribution in [0.1, 0.15) is 26.2 Å². The van der Waals surface area contributed by atoms with Crippen LogP contribution < -0.4 is 20.7 Å². The SMILES string of the molecule is CCCC[C@H](CNc1ccc(Cl)c(Cl)c1)NC(=O)COc1ccc(NC)cc1. The molecule has 0 unspecified atom stereocenters. The summed E-state index contributed by atoms with van der Waals surface area (Å²) in [6.45, 7) is 2.71. The zero-order valence-electron chi connectivity index (χ0n) is 16.2. The molecule has 0 aliphatic heterocycles. The molecule has 2 aromatic carbocycles. The van der Waals surface area contributed by atoms with Gasteiger partial charge >= 0.3 is 0 Å². The minimum absolute atomic E-state index is 0.00262. The number of carbonyl (C=O) groups excluding carboxylic acids is 1. The number of amides is 1. The van der Waals surface area contributed by atoms with Gasteiger partial charge in [0.25, 0.3) is 5.91 Å². The molecule has 0 saturated heterocycles. The molecule has 0 aliphatic rings. The molecule has 0 saturated carbocycles. The number of hydrogen-bond donors (Lipinski definition) is 3. The molecule has 0 radical (unpaired) electrons. The Kier molecular flexibility index (Phi) is 9.24. The molecule has 1 atom stereocenters. The van der Waals surface area contributed by atoms with Crippen LogP contribution in [0.3, 0.4) is 0 Å². The number of unbranched alkanes of at least 4 members (excludes halogenated alkanes) is 1. The maximum atomic E-state index is 12.3. The van der Waals surface area contributed by atoms with Gasteiger partial charge in [0.15, 0.2) is 6.61 Å². The van der Waals surface area contributed by atoms with Gasteiger partial charge in [0, 0.05) is 31.0 Å². The van der Waals surface area contributed by atoms with Gasteiger partial charge in [-0.3, -0.25) is 4.79 Å². The first-order valence-electron chi connectivity index (χ1n) is 9.40. The maximum absolute atomic E-state index is 12.3. The summed E-state index contributed by atoms with van der Waals surface area (Å²) in [5.41, 5.74) is 1.86. The molecule has 0 heterocycles. The Hall–Kier alpha value is -2.11. The lowest BCUT2D eigenvalue weighted by atomic mass is 10.1. The Bertz CT molecular complexity index is 754. The average Bonchev–Trinajstić information content (AvgIpc) is 2.71. The van der Waals surface area contributed by atoms with E-state index in [0.29, 0.717) is 22.3 Å². The van der Waals surface area contributed by atoms with E-state index in [-0.39, 0.29) is 18.6 Å². The van der Waals surface area contributed by atoms with Crippen molar-refractivity contribution < 1.29 is 9.53 Å². The van der Waals surface area contributed by atoms with Crippen molar-refractivity contribution in [3.63, 3.8) is 0 Å². The number of carbonyl (C=O) groups is 1. The summed E-state index contributed by atoms with van der Waals surface area (Å²) in [7, 11) is 1.85. The lowest BCUT2D eigenvalue weighted by Crippen LogP contribution is -2.42.